The smallest absolute Gasteiger partial charge is 0.167 e. The number of carbonyl (C=O) groups excluding carboxylic acids is 1. The average Bonchev–Trinajstić information content (AvgIpc) is 2.83. The summed E-state index contributed by atoms with van der Waals surface area (Å²) in [6.07, 6.45) is 0.464. The number of benzene rings is 2. The van der Waals surface area contributed by atoms with Gasteiger partial charge in [-0.3, -0.25) is 4.79 Å². The molecule has 2 aromatic carbocycles. The van der Waals surface area contributed by atoms with Crippen LogP contribution in [0.25, 0.3) is 10.1 Å². The van der Waals surface area contributed by atoms with Crippen LogP contribution in [0.1, 0.15) is 15.9 Å². The van der Waals surface area contributed by atoms with Gasteiger partial charge in [0.25, 0.3) is 0 Å². The van der Waals surface area contributed by atoms with Crippen molar-refractivity contribution in [1.82, 2.24) is 0 Å². The highest BCUT2D eigenvalue weighted by atomic mass is 79.9. The lowest BCUT2D eigenvalue weighted by molar-refractivity contribution is 0.0993. The molecule has 1 aromatic heterocycles. The molecule has 19 heavy (non-hydrogen) atoms. The number of Topliss-reactive ketones (excluding diaryl/α,β-unsaturated/α-hetero) is 1. The lowest BCUT2D eigenvalue weighted by Crippen LogP contribution is -2.02. The molecule has 1 nitrogen and oxygen atoms in total. The van der Waals surface area contributed by atoms with E-state index in [1.54, 1.807) is 11.3 Å². The van der Waals surface area contributed by atoms with Gasteiger partial charge in [-0.05, 0) is 34.5 Å². The molecule has 0 aliphatic heterocycles. The van der Waals surface area contributed by atoms with E-state index in [2.05, 4.69) is 33.4 Å². The SMILES string of the molecule is O=C(Cc1csc2ccccc12)c1ccc(Br)cc1. The second-order valence-corrected chi connectivity index (χ2v) is 6.19. The summed E-state index contributed by atoms with van der Waals surface area (Å²) in [7, 11) is 0. The molecular weight excluding hydrogens is 320 g/mol. The number of fused-ring (bicyclic) bond motifs is 1. The van der Waals surface area contributed by atoms with Crippen molar-refractivity contribution < 1.29 is 4.79 Å². The van der Waals surface area contributed by atoms with E-state index >= 15 is 0 Å². The molecule has 0 N–H and O–H groups in total. The largest absolute Gasteiger partial charge is 0.294 e. The van der Waals surface area contributed by atoms with Gasteiger partial charge in [0.05, 0.1) is 0 Å². The molecule has 0 amide bonds. The summed E-state index contributed by atoms with van der Waals surface area (Å²) < 4.78 is 2.23. The Morgan fingerprint density at radius 1 is 1.05 bits per heavy atom. The van der Waals surface area contributed by atoms with E-state index in [9.17, 15) is 4.79 Å². The predicted molar refractivity (Wildman–Crippen MR) is 84.0 cm³/mol. The lowest BCUT2D eigenvalue weighted by Gasteiger charge is -2.01. The molecule has 0 aliphatic carbocycles. The van der Waals surface area contributed by atoms with Crippen LogP contribution in [0.5, 0.6) is 0 Å². The molecule has 0 radical (unpaired) electrons. The van der Waals surface area contributed by atoms with Crippen molar-refractivity contribution in [2.75, 3.05) is 0 Å². The Morgan fingerprint density at radius 2 is 1.79 bits per heavy atom. The number of hydrogen-bond donors (Lipinski definition) is 0. The first kappa shape index (κ1) is 12.6. The highest BCUT2D eigenvalue weighted by Gasteiger charge is 2.10. The van der Waals surface area contributed by atoms with Gasteiger partial charge < -0.3 is 0 Å². The fourth-order valence-corrected chi connectivity index (χ4v) is 3.31. The summed E-state index contributed by atoms with van der Waals surface area (Å²) >= 11 is 5.07. The molecule has 94 valence electrons. The maximum atomic E-state index is 12.3. The van der Waals surface area contributed by atoms with Crippen LogP contribution in [0, 0.1) is 0 Å². The van der Waals surface area contributed by atoms with Crippen LogP contribution < -0.4 is 0 Å². The molecule has 0 bridgehead atoms. The Kier molecular flexibility index (Phi) is 3.49. The van der Waals surface area contributed by atoms with Crippen LogP contribution in [0.3, 0.4) is 0 Å². The minimum Gasteiger partial charge on any atom is -0.294 e. The maximum absolute atomic E-state index is 12.3. The Labute approximate surface area is 124 Å². The van der Waals surface area contributed by atoms with Crippen molar-refractivity contribution in [2.24, 2.45) is 0 Å². The average molecular weight is 331 g/mol. The highest BCUT2D eigenvalue weighted by Crippen LogP contribution is 2.26. The number of thiophene rings is 1. The number of ketones is 1. The molecule has 1 heterocycles. The van der Waals surface area contributed by atoms with Gasteiger partial charge in [-0.15, -0.1) is 11.3 Å². The summed E-state index contributed by atoms with van der Waals surface area (Å²) in [5.74, 6) is 0.163. The van der Waals surface area contributed by atoms with E-state index in [0.29, 0.717) is 6.42 Å². The molecule has 0 fully saturated rings. The molecule has 0 spiro atoms. The molecule has 0 aliphatic rings. The lowest BCUT2D eigenvalue weighted by atomic mass is 10.0. The first-order valence-corrected chi connectivity index (χ1v) is 7.65. The van der Waals surface area contributed by atoms with Crippen molar-refractivity contribution in [3.63, 3.8) is 0 Å². The highest BCUT2D eigenvalue weighted by molar-refractivity contribution is 9.10. The Morgan fingerprint density at radius 3 is 2.58 bits per heavy atom. The van der Waals surface area contributed by atoms with E-state index in [4.69, 9.17) is 0 Å². The molecule has 3 heteroatoms. The second kappa shape index (κ2) is 5.27. The molecular formula is C16H11BrOS. The first-order chi connectivity index (χ1) is 9.24. The quantitative estimate of drug-likeness (QED) is 0.611. The summed E-state index contributed by atoms with van der Waals surface area (Å²) in [6.45, 7) is 0. The van der Waals surface area contributed by atoms with Gasteiger partial charge in [0.1, 0.15) is 0 Å². The van der Waals surface area contributed by atoms with Crippen LogP contribution in [-0.4, -0.2) is 5.78 Å². The number of halogens is 1. The van der Waals surface area contributed by atoms with Gasteiger partial charge in [-0.25, -0.2) is 0 Å². The van der Waals surface area contributed by atoms with Crippen molar-refractivity contribution >= 4 is 43.1 Å². The van der Waals surface area contributed by atoms with Gasteiger partial charge in [0.15, 0.2) is 5.78 Å². The van der Waals surface area contributed by atoms with Crippen LogP contribution >= 0.6 is 27.3 Å². The third-order valence-electron chi connectivity index (χ3n) is 3.08. The van der Waals surface area contributed by atoms with E-state index in [1.165, 1.54) is 10.1 Å². The van der Waals surface area contributed by atoms with Crippen molar-refractivity contribution in [1.29, 1.82) is 0 Å². The molecule has 0 saturated carbocycles. The third-order valence-corrected chi connectivity index (χ3v) is 4.62. The molecule has 3 aromatic rings. The van der Waals surface area contributed by atoms with E-state index in [1.807, 2.05) is 36.4 Å². The van der Waals surface area contributed by atoms with E-state index < -0.39 is 0 Å². The third kappa shape index (κ3) is 2.62. The topological polar surface area (TPSA) is 17.1 Å². The van der Waals surface area contributed by atoms with Gasteiger partial charge in [-0.1, -0.05) is 46.3 Å². The van der Waals surface area contributed by atoms with E-state index in [0.717, 1.165) is 15.6 Å². The Balaban J connectivity index is 1.89. The van der Waals surface area contributed by atoms with Crippen molar-refractivity contribution in [3.05, 3.63) is 69.5 Å². The maximum Gasteiger partial charge on any atom is 0.167 e. The summed E-state index contributed by atoms with van der Waals surface area (Å²) in [6, 6.07) is 15.7. The minimum absolute atomic E-state index is 0.163. The van der Waals surface area contributed by atoms with E-state index in [-0.39, 0.29) is 5.78 Å². The zero-order valence-electron chi connectivity index (χ0n) is 10.1. The van der Waals surface area contributed by atoms with Gasteiger partial charge in [0, 0.05) is 21.2 Å². The molecule has 0 saturated heterocycles. The molecule has 3 rings (SSSR count). The summed E-state index contributed by atoms with van der Waals surface area (Å²) in [4.78, 5) is 12.3. The predicted octanol–water partition coefficient (Wildman–Crippen LogP) is 5.09. The standard InChI is InChI=1S/C16H11BrOS/c17-13-7-5-11(6-8-13)15(18)9-12-10-19-16-4-2-1-3-14(12)16/h1-8,10H,9H2. The van der Waals surface area contributed by atoms with Crippen molar-refractivity contribution in [2.45, 2.75) is 6.42 Å². The van der Waals surface area contributed by atoms with Gasteiger partial charge >= 0.3 is 0 Å². The minimum atomic E-state index is 0.163. The Hall–Kier alpha value is -1.45. The van der Waals surface area contributed by atoms with Crippen LogP contribution in [0.4, 0.5) is 0 Å². The van der Waals surface area contributed by atoms with Crippen LogP contribution in [0.2, 0.25) is 0 Å². The van der Waals surface area contributed by atoms with Crippen LogP contribution in [0.15, 0.2) is 58.4 Å². The second-order valence-electron chi connectivity index (χ2n) is 4.36. The fraction of sp³-hybridized carbons (Fsp3) is 0.0625. The molecule has 0 atom stereocenters. The zero-order chi connectivity index (χ0) is 13.2. The number of rotatable bonds is 3. The summed E-state index contributed by atoms with van der Waals surface area (Å²) in [5, 5.41) is 3.28. The fourth-order valence-electron chi connectivity index (χ4n) is 2.08. The first-order valence-electron chi connectivity index (χ1n) is 5.98. The summed E-state index contributed by atoms with van der Waals surface area (Å²) in [5.41, 5.74) is 1.88. The Bertz CT molecular complexity index is 728. The molecule has 0 unspecified atom stereocenters. The number of hydrogen-bond acceptors (Lipinski definition) is 2. The van der Waals surface area contributed by atoms with Crippen LogP contribution in [-0.2, 0) is 6.42 Å². The van der Waals surface area contributed by atoms with Crippen molar-refractivity contribution in [3.8, 4) is 0 Å². The number of carbonyl (C=O) groups is 1. The van der Waals surface area contributed by atoms with Gasteiger partial charge in [-0.2, -0.15) is 0 Å². The normalized spacial score (nSPS) is 10.8. The zero-order valence-corrected chi connectivity index (χ0v) is 12.5. The monoisotopic (exact) mass is 330 g/mol. The van der Waals surface area contributed by atoms with Gasteiger partial charge in [0.2, 0.25) is 0 Å².